The highest BCUT2D eigenvalue weighted by Crippen LogP contribution is 2.25. The zero-order valence-electron chi connectivity index (χ0n) is 10.9. The second-order valence-electron chi connectivity index (χ2n) is 4.14. The van der Waals surface area contributed by atoms with Crippen LogP contribution < -0.4 is 0 Å². The van der Waals surface area contributed by atoms with Crippen LogP contribution in [-0.2, 0) is 5.75 Å². The summed E-state index contributed by atoms with van der Waals surface area (Å²) in [7, 11) is 0. The molecule has 0 saturated carbocycles. The topological polar surface area (TPSA) is 20.2 Å². The molecule has 0 heterocycles. The highest BCUT2D eigenvalue weighted by molar-refractivity contribution is 7.98. The van der Waals surface area contributed by atoms with E-state index in [9.17, 15) is 13.2 Å². The van der Waals surface area contributed by atoms with Crippen LogP contribution >= 0.6 is 11.8 Å². The van der Waals surface area contributed by atoms with Crippen molar-refractivity contribution in [2.75, 3.05) is 6.61 Å². The molecule has 0 aliphatic carbocycles. The van der Waals surface area contributed by atoms with Crippen molar-refractivity contribution in [3.63, 3.8) is 0 Å². The molecule has 0 bridgehead atoms. The largest absolute Gasteiger partial charge is 0.384 e. The van der Waals surface area contributed by atoms with Gasteiger partial charge in [0.05, 0.1) is 5.56 Å². The normalized spacial score (nSPS) is 10.1. The van der Waals surface area contributed by atoms with Crippen molar-refractivity contribution in [1.29, 1.82) is 0 Å². The van der Waals surface area contributed by atoms with Gasteiger partial charge in [-0.2, -0.15) is 0 Å². The third kappa shape index (κ3) is 4.28. The van der Waals surface area contributed by atoms with Crippen LogP contribution in [0.3, 0.4) is 0 Å². The molecule has 0 unspecified atom stereocenters. The average molecular weight is 308 g/mol. The summed E-state index contributed by atoms with van der Waals surface area (Å²) in [6.45, 7) is -0.340. The summed E-state index contributed by atoms with van der Waals surface area (Å²) >= 11 is 1.31. The molecule has 0 aliphatic rings. The van der Waals surface area contributed by atoms with Gasteiger partial charge < -0.3 is 5.11 Å². The van der Waals surface area contributed by atoms with E-state index in [2.05, 4.69) is 11.8 Å². The molecule has 2 rings (SSSR count). The second-order valence-corrected chi connectivity index (χ2v) is 5.19. The number of hydrogen-bond acceptors (Lipinski definition) is 2. The molecule has 5 heteroatoms. The van der Waals surface area contributed by atoms with Gasteiger partial charge in [0, 0.05) is 10.6 Å². The number of hydrogen-bond donors (Lipinski definition) is 1. The molecule has 0 aromatic heterocycles. The lowest BCUT2D eigenvalue weighted by Gasteiger charge is -2.04. The predicted octanol–water partition coefficient (Wildman–Crippen LogP) is 3.74. The molecule has 0 spiro atoms. The first-order valence-corrected chi connectivity index (χ1v) is 7.04. The maximum absolute atomic E-state index is 13.5. The summed E-state index contributed by atoms with van der Waals surface area (Å²) in [5, 5.41) is 8.62. The maximum Gasteiger partial charge on any atom is 0.159 e. The minimum absolute atomic E-state index is 0.201. The Morgan fingerprint density at radius 1 is 0.952 bits per heavy atom. The first kappa shape index (κ1) is 15.5. The Kier molecular flexibility index (Phi) is 5.32. The smallest absolute Gasteiger partial charge is 0.159 e. The SMILES string of the molecule is OCC#Cc1cc(CSc2ccc(F)c(F)c2)ccc1F. The standard InChI is InChI=1S/C16H11F3OS/c17-14-5-3-11(8-12(14)2-1-7-20)10-21-13-4-6-15(18)16(19)9-13/h3-6,8-9,20H,7,10H2. The van der Waals surface area contributed by atoms with Gasteiger partial charge in [-0.15, -0.1) is 11.8 Å². The van der Waals surface area contributed by atoms with Crippen molar-refractivity contribution in [3.8, 4) is 11.8 Å². The van der Waals surface area contributed by atoms with Crippen LogP contribution in [0.25, 0.3) is 0 Å². The number of thioether (sulfide) groups is 1. The summed E-state index contributed by atoms with van der Waals surface area (Å²) in [5.41, 5.74) is 1.00. The van der Waals surface area contributed by atoms with Crippen LogP contribution in [0.1, 0.15) is 11.1 Å². The van der Waals surface area contributed by atoms with E-state index < -0.39 is 17.5 Å². The van der Waals surface area contributed by atoms with E-state index in [4.69, 9.17) is 5.11 Å². The van der Waals surface area contributed by atoms with Crippen molar-refractivity contribution in [2.24, 2.45) is 0 Å². The number of aliphatic hydroxyl groups excluding tert-OH is 1. The number of halogens is 3. The Balaban J connectivity index is 2.11. The van der Waals surface area contributed by atoms with Gasteiger partial charge in [-0.1, -0.05) is 17.9 Å². The van der Waals surface area contributed by atoms with E-state index in [1.807, 2.05) is 0 Å². The number of rotatable bonds is 3. The van der Waals surface area contributed by atoms with Crippen molar-refractivity contribution in [3.05, 3.63) is 65.0 Å². The molecule has 0 radical (unpaired) electrons. The Hall–Kier alpha value is -1.90. The molecule has 0 atom stereocenters. The predicted molar refractivity (Wildman–Crippen MR) is 76.3 cm³/mol. The van der Waals surface area contributed by atoms with E-state index in [0.717, 1.165) is 17.7 Å². The Bertz CT molecular complexity index is 704. The molecule has 1 N–H and O–H groups in total. The summed E-state index contributed by atoms with van der Waals surface area (Å²) in [4.78, 5) is 0.584. The average Bonchev–Trinajstić information content (AvgIpc) is 2.48. The summed E-state index contributed by atoms with van der Waals surface area (Å²) in [6.07, 6.45) is 0. The summed E-state index contributed by atoms with van der Waals surface area (Å²) in [6, 6.07) is 8.15. The van der Waals surface area contributed by atoms with Gasteiger partial charge in [0.25, 0.3) is 0 Å². The lowest BCUT2D eigenvalue weighted by atomic mass is 10.1. The molecule has 0 aliphatic heterocycles. The zero-order chi connectivity index (χ0) is 15.2. The van der Waals surface area contributed by atoms with Crippen molar-refractivity contribution in [2.45, 2.75) is 10.6 Å². The van der Waals surface area contributed by atoms with E-state index >= 15 is 0 Å². The quantitative estimate of drug-likeness (QED) is 0.688. The number of benzene rings is 2. The van der Waals surface area contributed by atoms with E-state index in [1.54, 1.807) is 12.1 Å². The molecular formula is C16H11F3OS. The van der Waals surface area contributed by atoms with Gasteiger partial charge in [-0.25, -0.2) is 13.2 Å². The first-order valence-electron chi connectivity index (χ1n) is 6.06. The van der Waals surface area contributed by atoms with Gasteiger partial charge in [0.1, 0.15) is 12.4 Å². The van der Waals surface area contributed by atoms with Gasteiger partial charge >= 0.3 is 0 Å². The van der Waals surface area contributed by atoms with E-state index in [-0.39, 0.29) is 12.2 Å². The van der Waals surface area contributed by atoms with Gasteiger partial charge in [-0.05, 0) is 35.9 Å². The molecule has 0 amide bonds. The fraction of sp³-hybridized carbons (Fsp3) is 0.125. The molecule has 108 valence electrons. The highest BCUT2D eigenvalue weighted by Gasteiger charge is 2.05. The van der Waals surface area contributed by atoms with Crippen molar-refractivity contribution >= 4 is 11.8 Å². The van der Waals surface area contributed by atoms with Crippen molar-refractivity contribution < 1.29 is 18.3 Å². The fourth-order valence-corrected chi connectivity index (χ4v) is 2.49. The lowest BCUT2D eigenvalue weighted by Crippen LogP contribution is -1.89. The van der Waals surface area contributed by atoms with Crippen LogP contribution in [-0.4, -0.2) is 11.7 Å². The molecule has 0 fully saturated rings. The third-order valence-electron chi connectivity index (χ3n) is 2.63. The molecule has 0 saturated heterocycles. The van der Waals surface area contributed by atoms with E-state index in [1.165, 1.54) is 23.9 Å². The van der Waals surface area contributed by atoms with Crippen LogP contribution in [0.15, 0.2) is 41.3 Å². The van der Waals surface area contributed by atoms with Crippen LogP contribution in [0, 0.1) is 29.3 Å². The van der Waals surface area contributed by atoms with Crippen LogP contribution in [0.4, 0.5) is 13.2 Å². The minimum Gasteiger partial charge on any atom is -0.384 e. The Morgan fingerprint density at radius 2 is 1.71 bits per heavy atom. The second kappa shape index (κ2) is 7.21. The third-order valence-corrected chi connectivity index (χ3v) is 3.69. The number of aliphatic hydroxyl groups is 1. The Labute approximate surface area is 124 Å². The summed E-state index contributed by atoms with van der Waals surface area (Å²) in [5.74, 6) is 3.14. The van der Waals surface area contributed by atoms with Crippen LogP contribution in [0.2, 0.25) is 0 Å². The van der Waals surface area contributed by atoms with Crippen molar-refractivity contribution in [1.82, 2.24) is 0 Å². The van der Waals surface area contributed by atoms with Gasteiger partial charge in [0.15, 0.2) is 11.6 Å². The zero-order valence-corrected chi connectivity index (χ0v) is 11.7. The Morgan fingerprint density at radius 3 is 2.43 bits per heavy atom. The molecule has 2 aromatic carbocycles. The maximum atomic E-state index is 13.5. The minimum atomic E-state index is -0.895. The molecule has 1 nitrogen and oxygen atoms in total. The fourth-order valence-electron chi connectivity index (χ4n) is 1.63. The molecule has 2 aromatic rings. The lowest BCUT2D eigenvalue weighted by molar-refractivity contribution is 0.350. The molecule has 21 heavy (non-hydrogen) atoms. The summed E-state index contributed by atoms with van der Waals surface area (Å²) < 4.78 is 39.4. The van der Waals surface area contributed by atoms with Gasteiger partial charge in [0.2, 0.25) is 0 Å². The van der Waals surface area contributed by atoms with E-state index in [0.29, 0.717) is 10.6 Å². The van der Waals surface area contributed by atoms with Crippen LogP contribution in [0.5, 0.6) is 0 Å². The first-order chi connectivity index (χ1) is 10.1. The monoisotopic (exact) mass is 308 g/mol. The molecular weight excluding hydrogens is 297 g/mol. The highest BCUT2D eigenvalue weighted by atomic mass is 32.2. The van der Waals surface area contributed by atoms with Gasteiger partial charge in [-0.3, -0.25) is 0 Å².